The average Bonchev–Trinajstić information content (AvgIpc) is 2.38. The molecule has 0 amide bonds. The standard InChI is InChI=1S/C13H14F3NO3.ClH/c14-13(15,16)11-6-9(5-10(7-11)12(18)19)8-17-1-3-20-4-2-17;/h5-7H,1-4,8H2,(H,18,19);1H. The van der Waals surface area contributed by atoms with E-state index in [-0.39, 0.29) is 24.5 Å². The lowest BCUT2D eigenvalue weighted by atomic mass is 10.0. The summed E-state index contributed by atoms with van der Waals surface area (Å²) in [4.78, 5) is 12.9. The molecule has 1 saturated heterocycles. The number of hydrogen-bond acceptors (Lipinski definition) is 3. The van der Waals surface area contributed by atoms with Crippen molar-refractivity contribution >= 4 is 18.4 Å². The fourth-order valence-electron chi connectivity index (χ4n) is 2.09. The topological polar surface area (TPSA) is 49.8 Å². The number of halogens is 4. The number of morpholine rings is 1. The van der Waals surface area contributed by atoms with Crippen LogP contribution in [-0.4, -0.2) is 42.3 Å². The number of carbonyl (C=O) groups is 1. The summed E-state index contributed by atoms with van der Waals surface area (Å²) in [6, 6.07) is 2.94. The molecule has 0 bridgehead atoms. The smallest absolute Gasteiger partial charge is 0.416 e. The highest BCUT2D eigenvalue weighted by Crippen LogP contribution is 2.31. The SMILES string of the molecule is Cl.O=C(O)c1cc(CN2CCOCC2)cc(C(F)(F)F)c1. The van der Waals surface area contributed by atoms with Gasteiger partial charge in [-0.1, -0.05) is 0 Å². The summed E-state index contributed by atoms with van der Waals surface area (Å²) in [5, 5.41) is 8.90. The van der Waals surface area contributed by atoms with Crippen LogP contribution in [0.2, 0.25) is 0 Å². The molecule has 8 heteroatoms. The largest absolute Gasteiger partial charge is 0.478 e. The number of benzene rings is 1. The number of carboxylic acids is 1. The van der Waals surface area contributed by atoms with Crippen LogP contribution in [0.15, 0.2) is 18.2 Å². The molecule has 0 unspecified atom stereocenters. The van der Waals surface area contributed by atoms with Gasteiger partial charge in [0.1, 0.15) is 0 Å². The zero-order valence-electron chi connectivity index (χ0n) is 11.0. The van der Waals surface area contributed by atoms with Gasteiger partial charge in [0.05, 0.1) is 24.3 Å². The molecule has 0 aromatic heterocycles. The Hall–Kier alpha value is -1.31. The summed E-state index contributed by atoms with van der Waals surface area (Å²) in [6.45, 7) is 2.60. The highest BCUT2D eigenvalue weighted by atomic mass is 35.5. The third-order valence-corrected chi connectivity index (χ3v) is 3.08. The van der Waals surface area contributed by atoms with Gasteiger partial charge in [0.25, 0.3) is 0 Å². The zero-order chi connectivity index (χ0) is 14.8. The van der Waals surface area contributed by atoms with Crippen molar-refractivity contribution in [2.45, 2.75) is 12.7 Å². The van der Waals surface area contributed by atoms with Crippen LogP contribution in [0, 0.1) is 0 Å². The third kappa shape index (κ3) is 4.87. The normalized spacial score (nSPS) is 16.3. The summed E-state index contributed by atoms with van der Waals surface area (Å²) < 4.78 is 43.5. The molecule has 2 rings (SSSR count). The van der Waals surface area contributed by atoms with Crippen LogP contribution >= 0.6 is 12.4 Å². The highest BCUT2D eigenvalue weighted by Gasteiger charge is 2.32. The van der Waals surface area contributed by atoms with Crippen LogP contribution in [0.3, 0.4) is 0 Å². The van der Waals surface area contributed by atoms with Gasteiger partial charge < -0.3 is 9.84 Å². The van der Waals surface area contributed by atoms with Crippen LogP contribution < -0.4 is 0 Å². The Morgan fingerprint density at radius 2 is 1.86 bits per heavy atom. The number of hydrogen-bond donors (Lipinski definition) is 1. The van der Waals surface area contributed by atoms with Crippen LogP contribution in [-0.2, 0) is 17.5 Å². The number of aromatic carboxylic acids is 1. The van der Waals surface area contributed by atoms with E-state index >= 15 is 0 Å². The Morgan fingerprint density at radius 1 is 1.24 bits per heavy atom. The lowest BCUT2D eigenvalue weighted by Gasteiger charge is -2.26. The molecule has 1 aromatic rings. The molecular weight excluding hydrogens is 311 g/mol. The molecule has 1 aliphatic rings. The Labute approximate surface area is 125 Å². The van der Waals surface area contributed by atoms with Crippen LogP contribution in [0.4, 0.5) is 13.2 Å². The number of nitrogens with zero attached hydrogens (tertiary/aromatic N) is 1. The number of ether oxygens (including phenoxy) is 1. The van der Waals surface area contributed by atoms with E-state index in [1.54, 1.807) is 0 Å². The Balaban J connectivity index is 0.00000220. The van der Waals surface area contributed by atoms with Gasteiger partial charge in [-0.3, -0.25) is 4.90 Å². The van der Waals surface area contributed by atoms with Crippen molar-refractivity contribution in [2.24, 2.45) is 0 Å². The van der Waals surface area contributed by atoms with E-state index < -0.39 is 17.7 Å². The molecule has 1 fully saturated rings. The Kier molecular flexibility index (Phi) is 6.00. The minimum absolute atomic E-state index is 0. The van der Waals surface area contributed by atoms with Crippen molar-refractivity contribution in [1.29, 1.82) is 0 Å². The first-order valence-electron chi connectivity index (χ1n) is 6.11. The molecule has 0 aliphatic carbocycles. The second-order valence-corrected chi connectivity index (χ2v) is 4.61. The van der Waals surface area contributed by atoms with E-state index in [1.807, 2.05) is 4.90 Å². The molecule has 0 radical (unpaired) electrons. The molecule has 1 aromatic carbocycles. The first-order chi connectivity index (χ1) is 9.36. The average molecular weight is 326 g/mol. The van der Waals surface area contributed by atoms with Crippen molar-refractivity contribution in [2.75, 3.05) is 26.3 Å². The fourth-order valence-corrected chi connectivity index (χ4v) is 2.09. The van der Waals surface area contributed by atoms with Gasteiger partial charge in [-0.2, -0.15) is 13.2 Å². The summed E-state index contributed by atoms with van der Waals surface area (Å²) in [5.74, 6) is -1.36. The summed E-state index contributed by atoms with van der Waals surface area (Å²) >= 11 is 0. The van der Waals surface area contributed by atoms with Gasteiger partial charge in [-0.05, 0) is 23.8 Å². The first-order valence-corrected chi connectivity index (χ1v) is 6.11. The predicted octanol–water partition coefficient (Wildman–Crippen LogP) is 2.66. The molecule has 1 N–H and O–H groups in total. The molecule has 21 heavy (non-hydrogen) atoms. The minimum Gasteiger partial charge on any atom is -0.478 e. The lowest BCUT2D eigenvalue weighted by Crippen LogP contribution is -2.35. The van der Waals surface area contributed by atoms with Crippen molar-refractivity contribution in [3.8, 4) is 0 Å². The number of rotatable bonds is 3. The first kappa shape index (κ1) is 17.7. The molecule has 0 atom stereocenters. The van der Waals surface area contributed by atoms with E-state index in [4.69, 9.17) is 9.84 Å². The highest BCUT2D eigenvalue weighted by molar-refractivity contribution is 5.88. The van der Waals surface area contributed by atoms with Gasteiger partial charge >= 0.3 is 12.1 Å². The van der Waals surface area contributed by atoms with Gasteiger partial charge in [0, 0.05) is 19.6 Å². The molecule has 0 spiro atoms. The van der Waals surface area contributed by atoms with Gasteiger partial charge in [-0.15, -0.1) is 12.4 Å². The van der Waals surface area contributed by atoms with Crippen molar-refractivity contribution in [3.63, 3.8) is 0 Å². The third-order valence-electron chi connectivity index (χ3n) is 3.08. The molecule has 118 valence electrons. The Bertz CT molecular complexity index is 502. The second kappa shape index (κ2) is 7.11. The van der Waals surface area contributed by atoms with E-state index in [9.17, 15) is 18.0 Å². The number of alkyl halides is 3. The second-order valence-electron chi connectivity index (χ2n) is 4.61. The summed E-state index contributed by atoms with van der Waals surface area (Å²) in [6.07, 6.45) is -4.55. The Morgan fingerprint density at radius 3 is 2.38 bits per heavy atom. The van der Waals surface area contributed by atoms with Gasteiger partial charge in [0.15, 0.2) is 0 Å². The quantitative estimate of drug-likeness (QED) is 0.928. The van der Waals surface area contributed by atoms with Crippen molar-refractivity contribution < 1.29 is 27.8 Å². The van der Waals surface area contributed by atoms with Crippen LogP contribution in [0.25, 0.3) is 0 Å². The van der Waals surface area contributed by atoms with Crippen molar-refractivity contribution in [3.05, 3.63) is 34.9 Å². The van der Waals surface area contributed by atoms with E-state index in [0.29, 0.717) is 37.9 Å². The monoisotopic (exact) mass is 325 g/mol. The zero-order valence-corrected chi connectivity index (χ0v) is 11.8. The van der Waals surface area contributed by atoms with Crippen LogP contribution in [0.5, 0.6) is 0 Å². The van der Waals surface area contributed by atoms with E-state index in [2.05, 4.69) is 0 Å². The maximum absolute atomic E-state index is 12.8. The van der Waals surface area contributed by atoms with Crippen LogP contribution in [0.1, 0.15) is 21.5 Å². The number of carboxylic acid groups (broad SMARTS) is 1. The molecule has 0 saturated carbocycles. The van der Waals surface area contributed by atoms with Gasteiger partial charge in [0.2, 0.25) is 0 Å². The maximum atomic E-state index is 12.8. The molecule has 1 heterocycles. The predicted molar refractivity (Wildman–Crippen MR) is 71.7 cm³/mol. The summed E-state index contributed by atoms with van der Waals surface area (Å²) in [7, 11) is 0. The minimum atomic E-state index is -4.55. The van der Waals surface area contributed by atoms with Gasteiger partial charge in [-0.25, -0.2) is 4.79 Å². The van der Waals surface area contributed by atoms with E-state index in [0.717, 1.165) is 6.07 Å². The van der Waals surface area contributed by atoms with Crippen molar-refractivity contribution in [1.82, 2.24) is 4.90 Å². The maximum Gasteiger partial charge on any atom is 0.416 e. The fraction of sp³-hybridized carbons (Fsp3) is 0.462. The summed E-state index contributed by atoms with van der Waals surface area (Å²) in [5.41, 5.74) is -0.928. The van der Waals surface area contributed by atoms with E-state index in [1.165, 1.54) is 6.07 Å². The lowest BCUT2D eigenvalue weighted by molar-refractivity contribution is -0.137. The molecule has 4 nitrogen and oxygen atoms in total. The molecule has 1 aliphatic heterocycles. The molecular formula is C13H15ClF3NO3.